The molecule has 3 aromatic rings. The molecule has 30 heavy (non-hydrogen) atoms. The van der Waals surface area contributed by atoms with Crippen LogP contribution < -0.4 is 4.80 Å². The highest BCUT2D eigenvalue weighted by molar-refractivity contribution is 7.07. The number of rotatable bonds is 5. The number of nitro groups is 1. The van der Waals surface area contributed by atoms with E-state index in [1.807, 2.05) is 6.07 Å². The summed E-state index contributed by atoms with van der Waals surface area (Å²) in [5.41, 5.74) is 2.72. The Hall–Kier alpha value is -2.15. The van der Waals surface area contributed by atoms with Crippen molar-refractivity contribution in [3.63, 3.8) is 0 Å². The van der Waals surface area contributed by atoms with Gasteiger partial charge in [-0.05, 0) is 54.7 Å². The standard InChI is InChI=1S/C22H21Cl2N3O2S/c23-17-8-11-20(19(24)12-17)25-22-26(13-15-4-2-1-3-5-15)21(14-30-22)16-6-9-18(10-7-16)27(28)29/h6-12,14-15H,1-5,13H2. The summed E-state index contributed by atoms with van der Waals surface area (Å²) in [6.45, 7) is 0.875. The van der Waals surface area contributed by atoms with Crippen molar-refractivity contribution in [1.29, 1.82) is 0 Å². The van der Waals surface area contributed by atoms with Crippen molar-refractivity contribution in [2.75, 3.05) is 0 Å². The molecule has 1 aliphatic carbocycles. The van der Waals surface area contributed by atoms with E-state index in [-0.39, 0.29) is 10.6 Å². The normalized spacial score (nSPS) is 15.5. The molecule has 2 aromatic carbocycles. The van der Waals surface area contributed by atoms with E-state index in [0.717, 1.165) is 22.6 Å². The van der Waals surface area contributed by atoms with Crippen molar-refractivity contribution in [2.45, 2.75) is 38.6 Å². The highest BCUT2D eigenvalue weighted by atomic mass is 35.5. The quantitative estimate of drug-likeness (QED) is 0.296. The Balaban J connectivity index is 1.78. The first-order valence-electron chi connectivity index (χ1n) is 9.94. The molecule has 0 radical (unpaired) electrons. The second-order valence-corrected chi connectivity index (χ2v) is 9.21. The summed E-state index contributed by atoms with van der Waals surface area (Å²) in [5, 5.41) is 14.2. The van der Waals surface area contributed by atoms with E-state index < -0.39 is 0 Å². The summed E-state index contributed by atoms with van der Waals surface area (Å²) in [7, 11) is 0. The second kappa shape index (κ2) is 9.33. The van der Waals surface area contributed by atoms with Crippen molar-refractivity contribution in [3.05, 3.63) is 72.8 Å². The molecule has 8 heteroatoms. The minimum Gasteiger partial charge on any atom is -0.316 e. The number of hydrogen-bond donors (Lipinski definition) is 0. The molecule has 1 heterocycles. The lowest BCUT2D eigenvalue weighted by molar-refractivity contribution is -0.384. The molecule has 4 rings (SSSR count). The fourth-order valence-corrected chi connectivity index (χ4v) is 5.26. The molecule has 0 amide bonds. The van der Waals surface area contributed by atoms with E-state index in [2.05, 4.69) is 9.95 Å². The molecule has 0 saturated heterocycles. The van der Waals surface area contributed by atoms with Crippen molar-refractivity contribution >= 4 is 45.9 Å². The van der Waals surface area contributed by atoms with E-state index in [9.17, 15) is 10.1 Å². The number of thiazole rings is 1. The van der Waals surface area contributed by atoms with Crippen LogP contribution in [0.3, 0.4) is 0 Å². The average Bonchev–Trinajstić information content (AvgIpc) is 3.13. The number of halogens is 2. The summed E-state index contributed by atoms with van der Waals surface area (Å²) in [5.74, 6) is 0.602. The molecule has 156 valence electrons. The minimum absolute atomic E-state index is 0.0886. The topological polar surface area (TPSA) is 60.4 Å². The average molecular weight is 462 g/mol. The molecule has 1 aromatic heterocycles. The van der Waals surface area contributed by atoms with Crippen LogP contribution in [-0.2, 0) is 6.54 Å². The van der Waals surface area contributed by atoms with E-state index in [4.69, 9.17) is 28.2 Å². The van der Waals surface area contributed by atoms with E-state index in [1.165, 1.54) is 32.1 Å². The van der Waals surface area contributed by atoms with Gasteiger partial charge in [-0.2, -0.15) is 0 Å². The number of aromatic nitrogens is 1. The number of non-ortho nitro benzene ring substituents is 1. The van der Waals surface area contributed by atoms with Gasteiger partial charge in [0.15, 0.2) is 4.80 Å². The van der Waals surface area contributed by atoms with Crippen molar-refractivity contribution in [2.24, 2.45) is 10.9 Å². The van der Waals surface area contributed by atoms with Gasteiger partial charge >= 0.3 is 0 Å². The largest absolute Gasteiger partial charge is 0.316 e. The molecule has 1 saturated carbocycles. The highest BCUT2D eigenvalue weighted by Crippen LogP contribution is 2.30. The first-order chi connectivity index (χ1) is 14.5. The van der Waals surface area contributed by atoms with Crippen LogP contribution >= 0.6 is 34.5 Å². The Kier molecular flexibility index (Phi) is 6.56. The Bertz CT molecular complexity index is 1120. The van der Waals surface area contributed by atoms with Crippen LogP contribution in [0, 0.1) is 16.0 Å². The summed E-state index contributed by atoms with van der Waals surface area (Å²) in [6, 6.07) is 12.0. The first kappa shape index (κ1) is 21.1. The van der Waals surface area contributed by atoms with Crippen LogP contribution in [0.15, 0.2) is 52.8 Å². The molecule has 1 aliphatic rings. The van der Waals surface area contributed by atoms with Gasteiger partial charge in [0.25, 0.3) is 5.69 Å². The minimum atomic E-state index is -0.378. The van der Waals surface area contributed by atoms with Gasteiger partial charge in [0, 0.05) is 29.1 Å². The van der Waals surface area contributed by atoms with Crippen molar-refractivity contribution < 1.29 is 4.92 Å². The molecule has 0 bridgehead atoms. The molecule has 0 unspecified atom stereocenters. The maximum atomic E-state index is 11.0. The molecular weight excluding hydrogens is 441 g/mol. The Morgan fingerprint density at radius 2 is 1.83 bits per heavy atom. The monoisotopic (exact) mass is 461 g/mol. The van der Waals surface area contributed by atoms with Crippen LogP contribution in [-0.4, -0.2) is 9.49 Å². The van der Waals surface area contributed by atoms with Gasteiger partial charge in [0.05, 0.1) is 21.3 Å². The third-order valence-corrected chi connectivity index (χ3v) is 6.86. The van der Waals surface area contributed by atoms with Crippen LogP contribution in [0.25, 0.3) is 11.3 Å². The third kappa shape index (κ3) is 4.77. The van der Waals surface area contributed by atoms with Gasteiger partial charge in [-0.15, -0.1) is 11.3 Å². The van der Waals surface area contributed by atoms with E-state index >= 15 is 0 Å². The Morgan fingerprint density at radius 1 is 1.10 bits per heavy atom. The zero-order chi connectivity index (χ0) is 21.1. The van der Waals surface area contributed by atoms with Crippen LogP contribution in [0.1, 0.15) is 32.1 Å². The summed E-state index contributed by atoms with van der Waals surface area (Å²) in [4.78, 5) is 16.3. The lowest BCUT2D eigenvalue weighted by Crippen LogP contribution is -2.22. The van der Waals surface area contributed by atoms with Crippen LogP contribution in [0.5, 0.6) is 0 Å². The summed E-state index contributed by atoms with van der Waals surface area (Å²) < 4.78 is 2.23. The maximum Gasteiger partial charge on any atom is 0.269 e. The Labute approximate surface area is 188 Å². The smallest absolute Gasteiger partial charge is 0.269 e. The SMILES string of the molecule is O=[N+]([O-])c1ccc(-c2csc(=Nc3ccc(Cl)cc3Cl)n2CC2CCCCC2)cc1. The zero-order valence-electron chi connectivity index (χ0n) is 16.3. The molecule has 0 atom stereocenters. The van der Waals surface area contributed by atoms with Crippen molar-refractivity contribution in [3.8, 4) is 11.3 Å². The lowest BCUT2D eigenvalue weighted by Gasteiger charge is -2.23. The molecular formula is C22H21Cl2N3O2S. The van der Waals surface area contributed by atoms with Crippen LogP contribution in [0.2, 0.25) is 10.0 Å². The van der Waals surface area contributed by atoms with Crippen molar-refractivity contribution in [1.82, 2.24) is 4.57 Å². The van der Waals surface area contributed by atoms with Gasteiger partial charge in [-0.1, -0.05) is 42.5 Å². The summed E-state index contributed by atoms with van der Waals surface area (Å²) in [6.07, 6.45) is 6.25. The molecule has 0 aliphatic heterocycles. The second-order valence-electron chi connectivity index (χ2n) is 7.53. The maximum absolute atomic E-state index is 11.0. The molecule has 1 fully saturated rings. The van der Waals surface area contributed by atoms with Gasteiger partial charge in [0.2, 0.25) is 0 Å². The zero-order valence-corrected chi connectivity index (χ0v) is 18.6. The number of nitrogens with zero attached hydrogens (tertiary/aromatic N) is 3. The van der Waals surface area contributed by atoms with E-state index in [1.54, 1.807) is 47.7 Å². The predicted molar refractivity (Wildman–Crippen MR) is 123 cm³/mol. The number of hydrogen-bond acceptors (Lipinski definition) is 4. The fraction of sp³-hybridized carbons (Fsp3) is 0.318. The Morgan fingerprint density at radius 3 is 2.50 bits per heavy atom. The number of nitro benzene ring substituents is 1. The van der Waals surface area contributed by atoms with Gasteiger partial charge in [-0.25, -0.2) is 4.99 Å². The highest BCUT2D eigenvalue weighted by Gasteiger charge is 2.18. The van der Waals surface area contributed by atoms with E-state index in [0.29, 0.717) is 21.7 Å². The molecule has 0 spiro atoms. The van der Waals surface area contributed by atoms with Gasteiger partial charge in [0.1, 0.15) is 0 Å². The van der Waals surface area contributed by atoms with Gasteiger partial charge in [-0.3, -0.25) is 10.1 Å². The molecule has 0 N–H and O–H groups in total. The number of benzene rings is 2. The summed E-state index contributed by atoms with van der Waals surface area (Å²) >= 11 is 13.9. The lowest BCUT2D eigenvalue weighted by atomic mass is 9.89. The first-order valence-corrected chi connectivity index (χ1v) is 11.6. The molecule has 5 nitrogen and oxygen atoms in total. The fourth-order valence-electron chi connectivity index (χ4n) is 3.88. The van der Waals surface area contributed by atoms with Gasteiger partial charge < -0.3 is 4.57 Å². The van der Waals surface area contributed by atoms with Crippen LogP contribution in [0.4, 0.5) is 11.4 Å². The third-order valence-electron chi connectivity index (χ3n) is 5.46. The predicted octanol–water partition coefficient (Wildman–Crippen LogP) is 7.24.